The van der Waals surface area contributed by atoms with Gasteiger partial charge in [-0.2, -0.15) is 8.78 Å². The Morgan fingerprint density at radius 2 is 1.58 bits per heavy atom. The minimum Gasteiger partial charge on any atom is -0.481 e. The van der Waals surface area contributed by atoms with Crippen LogP contribution in [0.5, 0.6) is 5.75 Å². The van der Waals surface area contributed by atoms with Gasteiger partial charge in [0.05, 0.1) is 0 Å². The number of amides is 3. The summed E-state index contributed by atoms with van der Waals surface area (Å²) in [7, 11) is 0. The van der Waals surface area contributed by atoms with E-state index < -0.39 is 24.5 Å². The number of halogens is 2. The number of carbonyl (C=O) groups excluding carboxylic acids is 2. The Labute approximate surface area is 186 Å². The normalized spacial score (nSPS) is 10.6. The molecular weight excluding hydrogens is 438 g/mol. The highest BCUT2D eigenvalue weighted by atomic mass is 19.3. The maximum Gasteiger partial charge on any atom is 0.387 e. The number of aryl methyl sites for hydroxylation is 1. The molecule has 2 aromatic carbocycles. The molecule has 0 aliphatic rings. The molecule has 11 heteroatoms. The number of alkyl halides is 2. The maximum absolute atomic E-state index is 12.2. The molecule has 1 aromatic heterocycles. The van der Waals surface area contributed by atoms with E-state index in [1.54, 1.807) is 30.5 Å². The summed E-state index contributed by atoms with van der Waals surface area (Å²) in [5.41, 5.74) is 8.15. The molecule has 0 saturated carbocycles. The molecule has 0 spiro atoms. The SMILES string of the molecule is NC(=O)c1[nH]cc(CCC(=O)O)c1-c1ccc(NC(=O)Nc2ccc(OC(F)F)cc2)cc1. The van der Waals surface area contributed by atoms with Crippen molar-refractivity contribution in [3.63, 3.8) is 0 Å². The van der Waals surface area contributed by atoms with Crippen LogP contribution in [0, 0.1) is 0 Å². The molecule has 3 aromatic rings. The average molecular weight is 458 g/mol. The van der Waals surface area contributed by atoms with Gasteiger partial charge in [0.25, 0.3) is 5.91 Å². The molecule has 3 amide bonds. The summed E-state index contributed by atoms with van der Waals surface area (Å²) in [4.78, 5) is 37.7. The van der Waals surface area contributed by atoms with Crippen molar-refractivity contribution in [2.24, 2.45) is 5.73 Å². The first-order chi connectivity index (χ1) is 15.7. The molecule has 33 heavy (non-hydrogen) atoms. The van der Waals surface area contributed by atoms with E-state index in [2.05, 4.69) is 20.4 Å². The van der Waals surface area contributed by atoms with Crippen molar-refractivity contribution in [3.05, 3.63) is 66.0 Å². The molecule has 0 atom stereocenters. The monoisotopic (exact) mass is 458 g/mol. The van der Waals surface area contributed by atoms with Crippen LogP contribution in [0.3, 0.4) is 0 Å². The van der Waals surface area contributed by atoms with E-state index in [1.807, 2.05) is 0 Å². The van der Waals surface area contributed by atoms with E-state index in [0.717, 1.165) is 0 Å². The zero-order chi connectivity index (χ0) is 24.0. The summed E-state index contributed by atoms with van der Waals surface area (Å²) in [6.07, 6.45) is 1.64. The zero-order valence-corrected chi connectivity index (χ0v) is 17.1. The van der Waals surface area contributed by atoms with Gasteiger partial charge in [-0.05, 0) is 53.9 Å². The highest BCUT2D eigenvalue weighted by Gasteiger charge is 2.18. The first-order valence-corrected chi connectivity index (χ1v) is 9.68. The summed E-state index contributed by atoms with van der Waals surface area (Å²) in [5.74, 6) is -1.68. The van der Waals surface area contributed by atoms with E-state index in [1.165, 1.54) is 24.3 Å². The lowest BCUT2D eigenvalue weighted by Gasteiger charge is -2.10. The number of rotatable bonds is 9. The molecule has 0 aliphatic heterocycles. The van der Waals surface area contributed by atoms with Crippen molar-refractivity contribution in [2.45, 2.75) is 19.5 Å². The van der Waals surface area contributed by atoms with E-state index in [0.29, 0.717) is 28.1 Å². The van der Waals surface area contributed by atoms with E-state index in [-0.39, 0.29) is 24.3 Å². The maximum atomic E-state index is 12.2. The van der Waals surface area contributed by atoms with Crippen LogP contribution in [0.15, 0.2) is 54.7 Å². The Kier molecular flexibility index (Phi) is 7.24. The molecule has 0 radical (unpaired) electrons. The number of primary amides is 1. The van der Waals surface area contributed by atoms with Crippen LogP contribution in [-0.4, -0.2) is 34.6 Å². The fourth-order valence-electron chi connectivity index (χ4n) is 3.16. The standard InChI is InChI=1S/C22H20F2N4O5/c23-21(24)33-16-8-6-15(7-9-16)28-22(32)27-14-4-1-12(2-5-14)18-13(3-10-17(29)30)11-26-19(18)20(25)31/h1-2,4-9,11,21,26H,3,10H2,(H2,25,31)(H,29,30)(H2,27,28,32). The van der Waals surface area contributed by atoms with Crippen LogP contribution in [0.1, 0.15) is 22.5 Å². The fourth-order valence-corrected chi connectivity index (χ4v) is 3.16. The fraction of sp³-hybridized carbons (Fsp3) is 0.136. The van der Waals surface area contributed by atoms with Gasteiger partial charge in [0.15, 0.2) is 0 Å². The molecule has 0 unspecified atom stereocenters. The van der Waals surface area contributed by atoms with Gasteiger partial charge in [-0.25, -0.2) is 4.79 Å². The van der Waals surface area contributed by atoms with Crippen molar-refractivity contribution in [1.82, 2.24) is 4.98 Å². The number of carboxylic acid groups (broad SMARTS) is 1. The molecule has 0 saturated heterocycles. The molecule has 0 aliphatic carbocycles. The molecule has 3 rings (SSSR count). The number of aromatic nitrogens is 1. The smallest absolute Gasteiger partial charge is 0.387 e. The number of nitrogens with two attached hydrogens (primary N) is 1. The minimum absolute atomic E-state index is 0.0330. The molecule has 172 valence electrons. The second-order valence-corrected chi connectivity index (χ2v) is 6.88. The lowest BCUT2D eigenvalue weighted by atomic mass is 9.98. The highest BCUT2D eigenvalue weighted by Crippen LogP contribution is 2.30. The second-order valence-electron chi connectivity index (χ2n) is 6.88. The molecular formula is C22H20F2N4O5. The number of urea groups is 1. The van der Waals surface area contributed by atoms with Gasteiger partial charge in [-0.1, -0.05) is 12.1 Å². The summed E-state index contributed by atoms with van der Waals surface area (Å²) in [5, 5.41) is 14.1. The number of benzene rings is 2. The zero-order valence-electron chi connectivity index (χ0n) is 17.1. The van der Waals surface area contributed by atoms with Crippen molar-refractivity contribution in [3.8, 4) is 16.9 Å². The van der Waals surface area contributed by atoms with Crippen LogP contribution in [0.4, 0.5) is 25.0 Å². The van der Waals surface area contributed by atoms with Crippen molar-refractivity contribution >= 4 is 29.3 Å². The quantitative estimate of drug-likeness (QED) is 0.328. The van der Waals surface area contributed by atoms with Gasteiger partial charge in [0.1, 0.15) is 11.4 Å². The van der Waals surface area contributed by atoms with Crippen molar-refractivity contribution in [2.75, 3.05) is 10.6 Å². The van der Waals surface area contributed by atoms with Crippen LogP contribution >= 0.6 is 0 Å². The molecule has 6 N–H and O–H groups in total. The predicted octanol–water partition coefficient (Wildman–Crippen LogP) is 4.04. The number of hydrogen-bond acceptors (Lipinski definition) is 4. The summed E-state index contributed by atoms with van der Waals surface area (Å²) >= 11 is 0. The van der Waals surface area contributed by atoms with Gasteiger partial charge >= 0.3 is 18.6 Å². The Morgan fingerprint density at radius 1 is 1.00 bits per heavy atom. The van der Waals surface area contributed by atoms with Crippen LogP contribution in [-0.2, 0) is 11.2 Å². The van der Waals surface area contributed by atoms with Gasteiger partial charge in [0.2, 0.25) is 0 Å². The number of anilines is 2. The first-order valence-electron chi connectivity index (χ1n) is 9.68. The largest absolute Gasteiger partial charge is 0.481 e. The third-order valence-electron chi connectivity index (χ3n) is 4.59. The lowest BCUT2D eigenvalue weighted by molar-refractivity contribution is -0.136. The third-order valence-corrected chi connectivity index (χ3v) is 4.59. The van der Waals surface area contributed by atoms with Gasteiger partial charge in [-0.15, -0.1) is 0 Å². The third kappa shape index (κ3) is 6.29. The molecule has 0 bridgehead atoms. The summed E-state index contributed by atoms with van der Waals surface area (Å²) < 4.78 is 28.6. The van der Waals surface area contributed by atoms with E-state index >= 15 is 0 Å². The topological polar surface area (TPSA) is 147 Å². The van der Waals surface area contributed by atoms with Crippen molar-refractivity contribution < 1.29 is 33.0 Å². The minimum atomic E-state index is -2.94. The van der Waals surface area contributed by atoms with Crippen molar-refractivity contribution in [1.29, 1.82) is 0 Å². The predicted molar refractivity (Wildman–Crippen MR) is 116 cm³/mol. The Balaban J connectivity index is 1.69. The number of nitrogens with one attached hydrogen (secondary N) is 3. The number of ether oxygens (including phenoxy) is 1. The van der Waals surface area contributed by atoms with Gasteiger partial charge in [0, 0.05) is 29.6 Å². The Morgan fingerprint density at radius 3 is 2.09 bits per heavy atom. The number of carbonyl (C=O) groups is 3. The number of hydrogen-bond donors (Lipinski definition) is 5. The van der Waals surface area contributed by atoms with Crippen LogP contribution in [0.2, 0.25) is 0 Å². The second kappa shape index (κ2) is 10.3. The van der Waals surface area contributed by atoms with E-state index in [9.17, 15) is 23.2 Å². The number of H-pyrrole nitrogens is 1. The molecule has 1 heterocycles. The lowest BCUT2D eigenvalue weighted by Crippen LogP contribution is -2.19. The average Bonchev–Trinajstić information content (AvgIpc) is 3.18. The summed E-state index contributed by atoms with van der Waals surface area (Å²) in [6, 6.07) is 11.4. The number of carboxylic acids is 1. The van der Waals surface area contributed by atoms with Gasteiger partial charge < -0.3 is 31.2 Å². The summed E-state index contributed by atoms with van der Waals surface area (Å²) in [6.45, 7) is -2.94. The van der Waals surface area contributed by atoms with E-state index in [4.69, 9.17) is 10.8 Å². The van der Waals surface area contributed by atoms with Gasteiger partial charge in [-0.3, -0.25) is 9.59 Å². The van der Waals surface area contributed by atoms with Crippen LogP contribution in [0.25, 0.3) is 11.1 Å². The molecule has 0 fully saturated rings. The Hall–Kier alpha value is -4.41. The molecule has 9 nitrogen and oxygen atoms in total. The van der Waals surface area contributed by atoms with Crippen LogP contribution < -0.4 is 21.1 Å². The highest BCUT2D eigenvalue weighted by molar-refractivity contribution is 6.01. The number of aromatic amines is 1. The Bertz CT molecular complexity index is 1140. The first kappa shape index (κ1) is 23.3. The number of aliphatic carboxylic acids is 1.